The monoisotopic (exact) mass is 424 g/mol. The topological polar surface area (TPSA) is 35.6 Å². The number of aryl methyl sites for hydroxylation is 2. The summed E-state index contributed by atoms with van der Waals surface area (Å²) in [5.74, 6) is 0. The van der Waals surface area contributed by atoms with Crippen molar-refractivity contribution in [1.82, 2.24) is 19.1 Å². The van der Waals surface area contributed by atoms with Gasteiger partial charge in [0.2, 0.25) is 0 Å². The second-order valence-electron chi connectivity index (χ2n) is 4.35. The van der Waals surface area contributed by atoms with Crippen LogP contribution < -0.4 is 0 Å². The van der Waals surface area contributed by atoms with E-state index in [9.17, 15) is 0 Å². The molecule has 0 aliphatic heterocycles. The zero-order valence-corrected chi connectivity index (χ0v) is 15.6. The van der Waals surface area contributed by atoms with Gasteiger partial charge in [-0.25, -0.2) is 9.97 Å². The van der Waals surface area contributed by atoms with Crippen LogP contribution >= 0.6 is 19.1 Å². The fourth-order valence-corrected chi connectivity index (χ4v) is 1.52. The van der Waals surface area contributed by atoms with Gasteiger partial charge in [0.25, 0.3) is 0 Å². The summed E-state index contributed by atoms with van der Waals surface area (Å²) in [6.07, 6.45) is 16.3. The van der Waals surface area contributed by atoms with Gasteiger partial charge in [-0.05, 0) is 12.8 Å². The normalized spacial score (nSPS) is 9.52. The van der Waals surface area contributed by atoms with E-state index in [1.54, 1.807) is 0 Å². The summed E-state index contributed by atoms with van der Waals surface area (Å²) >= 11 is -0.106. The molecule has 0 unspecified atom stereocenters. The molecule has 0 atom stereocenters. The molecule has 0 bridgehead atoms. The predicted molar refractivity (Wildman–Crippen MR) is 86.0 cm³/mol. The second kappa shape index (κ2) is 16.0. The van der Waals surface area contributed by atoms with Gasteiger partial charge in [-0.1, -0.05) is 26.7 Å². The minimum atomic E-state index is -0.106. The Hall–Kier alpha value is -0.338. The Morgan fingerprint density at radius 1 is 0.857 bits per heavy atom. The molecule has 2 heterocycles. The van der Waals surface area contributed by atoms with E-state index in [4.69, 9.17) is 19.1 Å². The number of halogens is 2. The van der Waals surface area contributed by atoms with Crippen molar-refractivity contribution in [2.75, 3.05) is 0 Å². The van der Waals surface area contributed by atoms with E-state index < -0.39 is 0 Å². The molecule has 2 rings (SSSR count). The van der Waals surface area contributed by atoms with Crippen molar-refractivity contribution in [2.45, 2.75) is 52.6 Å². The van der Waals surface area contributed by atoms with Crippen molar-refractivity contribution in [2.24, 2.45) is 0 Å². The van der Waals surface area contributed by atoms with Gasteiger partial charge in [-0.3, -0.25) is 0 Å². The molecule has 0 N–H and O–H groups in total. The van der Waals surface area contributed by atoms with E-state index in [0.717, 1.165) is 13.1 Å². The fraction of sp³-hybridized carbons (Fsp3) is 0.571. The number of nitrogens with zero attached hydrogens (tertiary/aromatic N) is 4. The van der Waals surface area contributed by atoms with E-state index >= 15 is 0 Å². The molecule has 0 aliphatic rings. The number of imidazole rings is 2. The molecule has 0 spiro atoms. The van der Waals surface area contributed by atoms with Gasteiger partial charge in [0, 0.05) is 37.9 Å². The minimum absolute atomic E-state index is 0.106. The number of hydrogen-bond acceptors (Lipinski definition) is 2. The van der Waals surface area contributed by atoms with Crippen LogP contribution in [0.2, 0.25) is 0 Å². The summed E-state index contributed by atoms with van der Waals surface area (Å²) in [6.45, 7) is 6.60. The molecule has 0 aliphatic carbocycles. The van der Waals surface area contributed by atoms with E-state index in [1.807, 2.05) is 37.4 Å². The first-order valence-electron chi connectivity index (χ1n) is 7.02. The third kappa shape index (κ3) is 13.1. The summed E-state index contributed by atoms with van der Waals surface area (Å²) in [4.78, 5) is 7.88. The molecule has 0 saturated carbocycles. The van der Waals surface area contributed by atoms with Gasteiger partial charge in [-0.2, -0.15) is 0 Å². The van der Waals surface area contributed by atoms with E-state index in [-0.39, 0.29) is 15.9 Å². The summed E-state index contributed by atoms with van der Waals surface area (Å²) in [7, 11) is 9.63. The predicted octanol–water partition coefficient (Wildman–Crippen LogP) is 4.74. The van der Waals surface area contributed by atoms with E-state index in [0.29, 0.717) is 0 Å². The van der Waals surface area contributed by atoms with Crippen molar-refractivity contribution >= 4 is 19.1 Å². The van der Waals surface area contributed by atoms with Crippen LogP contribution in [-0.4, -0.2) is 19.1 Å². The van der Waals surface area contributed by atoms with Gasteiger partial charge in [-0.15, -0.1) is 0 Å². The molecule has 7 heteroatoms. The number of rotatable bonds is 6. The van der Waals surface area contributed by atoms with Crippen LogP contribution in [0.5, 0.6) is 0 Å². The molecule has 0 radical (unpaired) electrons. The number of hydrogen-bond donors (Lipinski definition) is 0. The third-order valence-electron chi connectivity index (χ3n) is 2.66. The Morgan fingerprint density at radius 2 is 1.24 bits per heavy atom. The van der Waals surface area contributed by atoms with Crippen LogP contribution in [0.25, 0.3) is 0 Å². The Kier molecular flexibility index (Phi) is 15.8. The molecule has 0 saturated heterocycles. The number of aromatic nitrogens is 4. The van der Waals surface area contributed by atoms with Crippen molar-refractivity contribution in [3.05, 3.63) is 37.4 Å². The van der Waals surface area contributed by atoms with Crippen LogP contribution in [0.1, 0.15) is 39.5 Å². The zero-order valence-electron chi connectivity index (χ0n) is 12.6. The average molecular weight is 426 g/mol. The first kappa shape index (κ1) is 20.7. The molecule has 0 amide bonds. The van der Waals surface area contributed by atoms with E-state index in [1.165, 1.54) is 25.7 Å². The van der Waals surface area contributed by atoms with Crippen molar-refractivity contribution < 1.29 is 15.9 Å². The summed E-state index contributed by atoms with van der Waals surface area (Å²) < 4.78 is 4.20. The molecule has 21 heavy (non-hydrogen) atoms. The maximum atomic E-state index is 4.81. The van der Waals surface area contributed by atoms with Crippen LogP contribution in [-0.2, 0) is 29.0 Å². The molecule has 2 aromatic heterocycles. The third-order valence-corrected chi connectivity index (χ3v) is 2.66. The average Bonchev–Trinajstić information content (AvgIpc) is 3.18. The second-order valence-corrected chi connectivity index (χ2v) is 6.71. The zero-order chi connectivity index (χ0) is 15.8. The quantitative estimate of drug-likeness (QED) is 0.627. The SMILES string of the molecule is CCCCn1ccnc1.CCCCn1ccnc1.[Cl][Pd][Cl]. The molecular formula is C14H24Cl2N4Pd. The van der Waals surface area contributed by atoms with Gasteiger partial charge < -0.3 is 9.13 Å². The summed E-state index contributed by atoms with van der Waals surface area (Å²) in [5, 5.41) is 0. The Morgan fingerprint density at radius 3 is 1.48 bits per heavy atom. The van der Waals surface area contributed by atoms with Crippen LogP contribution in [0.15, 0.2) is 37.4 Å². The van der Waals surface area contributed by atoms with Crippen LogP contribution in [0.3, 0.4) is 0 Å². The van der Waals surface area contributed by atoms with Gasteiger partial charge in [0.05, 0.1) is 12.7 Å². The van der Waals surface area contributed by atoms with Crippen LogP contribution in [0, 0.1) is 0 Å². The first-order chi connectivity index (χ1) is 10.3. The first-order valence-corrected chi connectivity index (χ1v) is 11.0. The maximum absolute atomic E-state index is 4.81. The molecule has 124 valence electrons. The van der Waals surface area contributed by atoms with Crippen LogP contribution in [0.4, 0.5) is 0 Å². The van der Waals surface area contributed by atoms with E-state index in [2.05, 4.69) is 32.9 Å². The Bertz CT molecular complexity index is 355. The van der Waals surface area contributed by atoms with Crippen molar-refractivity contribution in [3.8, 4) is 0 Å². The van der Waals surface area contributed by atoms with Crippen molar-refractivity contribution in [1.29, 1.82) is 0 Å². The molecule has 0 aromatic carbocycles. The Labute approximate surface area is 144 Å². The Balaban J connectivity index is 0.000000322. The molecule has 2 aromatic rings. The molecule has 0 fully saturated rings. The van der Waals surface area contributed by atoms with Gasteiger partial charge in [0.1, 0.15) is 0 Å². The molecular weight excluding hydrogens is 402 g/mol. The summed E-state index contributed by atoms with van der Waals surface area (Å²) in [5.41, 5.74) is 0. The number of unbranched alkanes of at least 4 members (excludes halogenated alkanes) is 2. The van der Waals surface area contributed by atoms with Gasteiger partial charge in [0.15, 0.2) is 0 Å². The molecule has 4 nitrogen and oxygen atoms in total. The summed E-state index contributed by atoms with van der Waals surface area (Å²) in [6, 6.07) is 0. The van der Waals surface area contributed by atoms with Gasteiger partial charge >= 0.3 is 35.0 Å². The van der Waals surface area contributed by atoms with Crippen molar-refractivity contribution in [3.63, 3.8) is 0 Å². The fourth-order valence-electron chi connectivity index (χ4n) is 1.52. The standard InChI is InChI=1S/2C7H12N2.2ClH.Pd/c2*1-2-3-5-9-6-4-8-7-9;;;/h2*4,6-7H,2-3,5H2,1H3;2*1H;/q;;;;+2/p-2.